The van der Waals surface area contributed by atoms with Crippen molar-refractivity contribution in [1.82, 2.24) is 0 Å². The number of hydrogen-bond acceptors (Lipinski definition) is 5. The minimum Gasteiger partial charge on any atom is -0.493 e. The summed E-state index contributed by atoms with van der Waals surface area (Å²) in [7, 11) is 1.55. The van der Waals surface area contributed by atoms with Gasteiger partial charge in [0.1, 0.15) is 17.4 Å². The Balaban J connectivity index is 2.39. The van der Waals surface area contributed by atoms with Crippen molar-refractivity contribution in [2.24, 2.45) is 0 Å². The molecule has 0 bridgehead atoms. The van der Waals surface area contributed by atoms with Crippen LogP contribution in [-0.4, -0.2) is 19.2 Å². The summed E-state index contributed by atoms with van der Waals surface area (Å²) in [5.74, 6) is 0.321. The van der Waals surface area contributed by atoms with Crippen LogP contribution in [-0.2, 0) is 9.53 Å². The lowest BCUT2D eigenvalue weighted by atomic mass is 10.2. The largest absolute Gasteiger partial charge is 0.493 e. The van der Waals surface area contributed by atoms with Crippen molar-refractivity contribution in [3.8, 4) is 11.8 Å². The summed E-state index contributed by atoms with van der Waals surface area (Å²) >= 11 is 0. The number of esters is 1. The van der Waals surface area contributed by atoms with Crippen molar-refractivity contribution in [2.45, 2.75) is 20.0 Å². The van der Waals surface area contributed by atoms with Gasteiger partial charge in [0.15, 0.2) is 11.3 Å². The van der Waals surface area contributed by atoms with Gasteiger partial charge in [-0.1, -0.05) is 12.1 Å². The summed E-state index contributed by atoms with van der Waals surface area (Å²) in [5, 5.41) is 9.89. The van der Waals surface area contributed by atoms with Gasteiger partial charge in [-0.2, -0.15) is 5.26 Å². The van der Waals surface area contributed by atoms with E-state index in [0.717, 1.165) is 5.39 Å². The Morgan fingerprint density at radius 1 is 1.43 bits per heavy atom. The standard InChI is InChI=1S/C16H15NO4/c1-10(2)20-16(18)12(9-17)8-13-7-11-5-4-6-14(19-3)15(11)21-13/h4-8,10H,1-3H3/b12-8+. The number of furan rings is 1. The van der Waals surface area contributed by atoms with E-state index in [2.05, 4.69) is 0 Å². The molecular weight excluding hydrogens is 270 g/mol. The number of rotatable bonds is 4. The Labute approximate surface area is 122 Å². The zero-order valence-electron chi connectivity index (χ0n) is 12.0. The van der Waals surface area contributed by atoms with Crippen LogP contribution in [0.2, 0.25) is 0 Å². The highest BCUT2D eigenvalue weighted by molar-refractivity contribution is 5.98. The third-order valence-electron chi connectivity index (χ3n) is 2.72. The zero-order chi connectivity index (χ0) is 15.4. The SMILES string of the molecule is COc1cccc2cc(/C=C(\C#N)C(=O)OC(C)C)oc12. The van der Waals surface area contributed by atoms with E-state index in [1.807, 2.05) is 18.2 Å². The molecule has 1 heterocycles. The van der Waals surface area contributed by atoms with E-state index in [-0.39, 0.29) is 11.7 Å². The molecule has 0 aliphatic heterocycles. The third kappa shape index (κ3) is 3.23. The van der Waals surface area contributed by atoms with E-state index >= 15 is 0 Å². The van der Waals surface area contributed by atoms with Gasteiger partial charge in [0, 0.05) is 11.5 Å². The summed E-state index contributed by atoms with van der Waals surface area (Å²) in [6, 6.07) is 9.03. The van der Waals surface area contributed by atoms with Crippen molar-refractivity contribution in [1.29, 1.82) is 5.26 Å². The number of ether oxygens (including phenoxy) is 2. The Hall–Kier alpha value is -2.74. The fourth-order valence-electron chi connectivity index (χ4n) is 1.84. The monoisotopic (exact) mass is 285 g/mol. The predicted octanol–water partition coefficient (Wildman–Crippen LogP) is 3.30. The minimum absolute atomic E-state index is 0.110. The zero-order valence-corrected chi connectivity index (χ0v) is 12.0. The average Bonchev–Trinajstić information content (AvgIpc) is 2.86. The number of para-hydroxylation sites is 1. The molecule has 2 rings (SSSR count). The second-order valence-electron chi connectivity index (χ2n) is 4.65. The van der Waals surface area contributed by atoms with E-state index in [0.29, 0.717) is 17.1 Å². The Kier molecular flexibility index (Phi) is 4.29. The lowest BCUT2D eigenvalue weighted by Crippen LogP contribution is -2.12. The molecule has 0 saturated heterocycles. The van der Waals surface area contributed by atoms with Crippen LogP contribution in [0, 0.1) is 11.3 Å². The van der Waals surface area contributed by atoms with Crippen molar-refractivity contribution in [3.63, 3.8) is 0 Å². The molecule has 0 aliphatic rings. The Morgan fingerprint density at radius 3 is 2.81 bits per heavy atom. The fraction of sp³-hybridized carbons (Fsp3) is 0.250. The molecule has 0 radical (unpaired) electrons. The van der Waals surface area contributed by atoms with Crippen LogP contribution < -0.4 is 4.74 Å². The van der Waals surface area contributed by atoms with Gasteiger partial charge in [-0.05, 0) is 26.0 Å². The molecular formula is C16H15NO4. The molecule has 0 atom stereocenters. The second-order valence-corrected chi connectivity index (χ2v) is 4.65. The predicted molar refractivity (Wildman–Crippen MR) is 77.6 cm³/mol. The van der Waals surface area contributed by atoms with Gasteiger partial charge >= 0.3 is 5.97 Å². The van der Waals surface area contributed by atoms with Gasteiger partial charge in [-0.15, -0.1) is 0 Å². The van der Waals surface area contributed by atoms with Crippen LogP contribution in [0.1, 0.15) is 19.6 Å². The van der Waals surface area contributed by atoms with Gasteiger partial charge in [-0.3, -0.25) is 0 Å². The minimum atomic E-state index is -0.667. The summed E-state index contributed by atoms with van der Waals surface area (Å²) in [5.41, 5.74) is 0.461. The molecule has 5 heteroatoms. The summed E-state index contributed by atoms with van der Waals surface area (Å²) in [6.07, 6.45) is 1.08. The number of methoxy groups -OCH3 is 1. The molecule has 2 aromatic rings. The Morgan fingerprint density at radius 2 is 2.19 bits per heavy atom. The molecule has 1 aromatic carbocycles. The number of hydrogen-bond donors (Lipinski definition) is 0. The van der Waals surface area contributed by atoms with Crippen LogP contribution in [0.5, 0.6) is 5.75 Å². The first-order valence-corrected chi connectivity index (χ1v) is 6.44. The quantitative estimate of drug-likeness (QED) is 0.489. The summed E-state index contributed by atoms with van der Waals surface area (Å²) in [6.45, 7) is 3.44. The third-order valence-corrected chi connectivity index (χ3v) is 2.72. The molecule has 0 spiro atoms. The van der Waals surface area contributed by atoms with Gasteiger partial charge in [0.25, 0.3) is 0 Å². The van der Waals surface area contributed by atoms with Crippen LogP contribution in [0.4, 0.5) is 0 Å². The van der Waals surface area contributed by atoms with E-state index in [4.69, 9.17) is 19.2 Å². The molecule has 21 heavy (non-hydrogen) atoms. The maximum absolute atomic E-state index is 11.7. The molecule has 0 N–H and O–H groups in total. The Bertz CT molecular complexity index is 734. The maximum atomic E-state index is 11.7. The van der Waals surface area contributed by atoms with Crippen LogP contribution in [0.25, 0.3) is 17.0 Å². The van der Waals surface area contributed by atoms with Crippen molar-refractivity contribution in [2.75, 3.05) is 7.11 Å². The lowest BCUT2D eigenvalue weighted by Gasteiger charge is -2.05. The highest BCUT2D eigenvalue weighted by Gasteiger charge is 2.14. The summed E-state index contributed by atoms with van der Waals surface area (Å²) < 4.78 is 15.8. The van der Waals surface area contributed by atoms with Crippen LogP contribution in [0.3, 0.4) is 0 Å². The first kappa shape index (κ1) is 14.7. The highest BCUT2D eigenvalue weighted by Crippen LogP contribution is 2.29. The molecule has 108 valence electrons. The van der Waals surface area contributed by atoms with Crippen LogP contribution >= 0.6 is 0 Å². The lowest BCUT2D eigenvalue weighted by molar-refractivity contribution is -0.142. The molecule has 0 fully saturated rings. The number of nitrogens with zero attached hydrogens (tertiary/aromatic N) is 1. The van der Waals surface area contributed by atoms with Gasteiger partial charge < -0.3 is 13.9 Å². The van der Waals surface area contributed by atoms with Crippen molar-refractivity contribution >= 4 is 23.0 Å². The van der Waals surface area contributed by atoms with E-state index in [1.165, 1.54) is 6.08 Å². The van der Waals surface area contributed by atoms with Gasteiger partial charge in [0.05, 0.1) is 13.2 Å². The molecule has 0 unspecified atom stereocenters. The van der Waals surface area contributed by atoms with Gasteiger partial charge in [-0.25, -0.2) is 4.79 Å². The van der Waals surface area contributed by atoms with E-state index in [1.54, 1.807) is 33.1 Å². The summed E-state index contributed by atoms with van der Waals surface area (Å²) in [4.78, 5) is 11.7. The molecule has 5 nitrogen and oxygen atoms in total. The number of benzene rings is 1. The normalized spacial score (nSPS) is 11.5. The van der Waals surface area contributed by atoms with E-state index < -0.39 is 5.97 Å². The number of carbonyl (C=O) groups is 1. The number of nitriles is 1. The number of fused-ring (bicyclic) bond motifs is 1. The van der Waals surface area contributed by atoms with Gasteiger partial charge in [0.2, 0.25) is 0 Å². The second kappa shape index (κ2) is 6.14. The molecule has 0 saturated carbocycles. The number of carbonyl (C=O) groups excluding carboxylic acids is 1. The first-order chi connectivity index (χ1) is 10.0. The first-order valence-electron chi connectivity index (χ1n) is 6.44. The molecule has 0 amide bonds. The molecule has 0 aliphatic carbocycles. The van der Waals surface area contributed by atoms with Crippen LogP contribution in [0.15, 0.2) is 34.3 Å². The smallest absolute Gasteiger partial charge is 0.349 e. The topological polar surface area (TPSA) is 72.5 Å². The van der Waals surface area contributed by atoms with Crippen molar-refractivity contribution in [3.05, 3.63) is 35.6 Å². The fourth-order valence-corrected chi connectivity index (χ4v) is 1.84. The molecule has 1 aromatic heterocycles. The van der Waals surface area contributed by atoms with E-state index in [9.17, 15) is 4.79 Å². The average molecular weight is 285 g/mol. The maximum Gasteiger partial charge on any atom is 0.349 e. The van der Waals surface area contributed by atoms with Crippen molar-refractivity contribution < 1.29 is 18.7 Å². The highest BCUT2D eigenvalue weighted by atomic mass is 16.5.